The van der Waals surface area contributed by atoms with Crippen LogP contribution in [0.25, 0.3) is 0 Å². The topological polar surface area (TPSA) is 94.5 Å². The van der Waals surface area contributed by atoms with Crippen LogP contribution in [0.15, 0.2) is 36.8 Å². The van der Waals surface area contributed by atoms with Crippen molar-refractivity contribution in [3.8, 4) is 5.75 Å². The molecular formula is C14H18O7. The number of aliphatic hydroxyl groups excluding tert-OH is 1. The average Bonchev–Trinajstić information content (AvgIpc) is 2.45. The largest absolute Gasteiger partial charge is 0.462 e. The van der Waals surface area contributed by atoms with E-state index < -0.39 is 5.60 Å². The maximum Gasteiger partial charge on any atom is 0.193 e. The maximum absolute atomic E-state index is 11.8. The molecule has 0 saturated carbocycles. The molecule has 21 heavy (non-hydrogen) atoms. The second-order valence-corrected chi connectivity index (χ2v) is 4.51. The van der Waals surface area contributed by atoms with Gasteiger partial charge in [-0.3, -0.25) is 4.79 Å². The fourth-order valence-electron chi connectivity index (χ4n) is 1.29. The van der Waals surface area contributed by atoms with Gasteiger partial charge in [0.2, 0.25) is 0 Å². The van der Waals surface area contributed by atoms with Crippen molar-refractivity contribution in [2.45, 2.75) is 19.4 Å². The van der Waals surface area contributed by atoms with Gasteiger partial charge >= 0.3 is 0 Å². The van der Waals surface area contributed by atoms with Crippen LogP contribution >= 0.6 is 0 Å². The van der Waals surface area contributed by atoms with Gasteiger partial charge in [0.05, 0.1) is 6.61 Å². The fourth-order valence-corrected chi connectivity index (χ4v) is 1.29. The molecular weight excluding hydrogens is 280 g/mol. The number of hydrogen-bond donors (Lipinski definition) is 2. The number of rotatable bonds is 9. The van der Waals surface area contributed by atoms with E-state index in [1.807, 2.05) is 0 Å². The van der Waals surface area contributed by atoms with E-state index >= 15 is 0 Å². The van der Waals surface area contributed by atoms with Crippen molar-refractivity contribution >= 4 is 5.78 Å². The Morgan fingerprint density at radius 2 is 1.90 bits per heavy atom. The Balaban J connectivity index is 2.41. The summed E-state index contributed by atoms with van der Waals surface area (Å²) in [5.74, 6) is 0.0979. The number of ketones is 1. The van der Waals surface area contributed by atoms with Crippen LogP contribution in [0.1, 0.15) is 24.2 Å². The van der Waals surface area contributed by atoms with Crippen molar-refractivity contribution in [2.24, 2.45) is 0 Å². The first kappa shape index (κ1) is 17.1. The SMILES string of the molecule is CC(C)(O)C(=O)c1ccc(OC=COOOCCO)cc1. The Kier molecular flexibility index (Phi) is 6.83. The molecule has 0 heterocycles. The molecule has 7 heteroatoms. The summed E-state index contributed by atoms with van der Waals surface area (Å²) in [5.41, 5.74) is -1.03. The van der Waals surface area contributed by atoms with Crippen molar-refractivity contribution in [1.29, 1.82) is 0 Å². The molecule has 0 spiro atoms. The summed E-state index contributed by atoms with van der Waals surface area (Å²) in [6.07, 6.45) is 2.29. The third-order valence-corrected chi connectivity index (χ3v) is 2.25. The molecule has 0 unspecified atom stereocenters. The predicted molar refractivity (Wildman–Crippen MR) is 72.0 cm³/mol. The monoisotopic (exact) mass is 298 g/mol. The Labute approximate surface area is 122 Å². The highest BCUT2D eigenvalue weighted by Gasteiger charge is 2.24. The van der Waals surface area contributed by atoms with Gasteiger partial charge in [0.15, 0.2) is 12.0 Å². The molecule has 0 aromatic heterocycles. The van der Waals surface area contributed by atoms with E-state index in [0.717, 1.165) is 6.26 Å². The smallest absolute Gasteiger partial charge is 0.193 e. The van der Waals surface area contributed by atoms with Gasteiger partial charge in [0, 0.05) is 5.56 Å². The summed E-state index contributed by atoms with van der Waals surface area (Å²) >= 11 is 0. The highest BCUT2D eigenvalue weighted by Crippen LogP contribution is 2.17. The number of aliphatic hydroxyl groups is 2. The zero-order chi connectivity index (χ0) is 15.7. The lowest BCUT2D eigenvalue weighted by Crippen LogP contribution is -2.30. The van der Waals surface area contributed by atoms with Crippen molar-refractivity contribution < 1.29 is 34.6 Å². The highest BCUT2D eigenvalue weighted by molar-refractivity contribution is 6.01. The van der Waals surface area contributed by atoms with Gasteiger partial charge in [-0.25, -0.2) is 0 Å². The standard InChI is InChI=1S/C14H18O7/c1-14(2,17)13(16)11-3-5-12(6-4-11)18-9-10-20-21-19-8-7-15/h3-6,9-10,15,17H,7-8H2,1-2H3. The Morgan fingerprint density at radius 3 is 2.48 bits per heavy atom. The van der Waals surface area contributed by atoms with Gasteiger partial charge in [0.1, 0.15) is 24.2 Å². The lowest BCUT2D eigenvalue weighted by molar-refractivity contribution is -0.491. The second-order valence-electron chi connectivity index (χ2n) is 4.51. The van der Waals surface area contributed by atoms with E-state index in [9.17, 15) is 9.90 Å². The van der Waals surface area contributed by atoms with Crippen LogP contribution < -0.4 is 4.74 Å². The third kappa shape index (κ3) is 6.37. The van der Waals surface area contributed by atoms with E-state index in [-0.39, 0.29) is 19.0 Å². The number of ether oxygens (including phenoxy) is 1. The lowest BCUT2D eigenvalue weighted by Gasteiger charge is -2.15. The highest BCUT2D eigenvalue weighted by atomic mass is 17.5. The quantitative estimate of drug-likeness (QED) is 0.234. The zero-order valence-corrected chi connectivity index (χ0v) is 11.8. The van der Waals surface area contributed by atoms with Crippen LogP contribution in [0.5, 0.6) is 5.75 Å². The molecule has 0 atom stereocenters. The summed E-state index contributed by atoms with van der Waals surface area (Å²) < 4.78 is 5.17. The van der Waals surface area contributed by atoms with Crippen LogP contribution in [-0.2, 0) is 14.8 Å². The molecule has 0 fully saturated rings. The van der Waals surface area contributed by atoms with Crippen LogP contribution in [-0.4, -0.2) is 34.8 Å². The van der Waals surface area contributed by atoms with Crippen molar-refractivity contribution in [2.75, 3.05) is 13.2 Å². The third-order valence-electron chi connectivity index (χ3n) is 2.25. The lowest BCUT2D eigenvalue weighted by atomic mass is 9.97. The maximum atomic E-state index is 11.8. The predicted octanol–water partition coefficient (Wildman–Crippen LogP) is 1.36. The first-order valence-corrected chi connectivity index (χ1v) is 6.20. The molecule has 1 aromatic carbocycles. The number of carbonyl (C=O) groups excluding carboxylic acids is 1. The minimum absolute atomic E-state index is 0.00854. The van der Waals surface area contributed by atoms with Crippen LogP contribution in [0.3, 0.4) is 0 Å². The van der Waals surface area contributed by atoms with E-state index in [2.05, 4.69) is 14.8 Å². The molecule has 7 nitrogen and oxygen atoms in total. The van der Waals surface area contributed by atoms with Gasteiger partial charge in [-0.15, -0.1) is 0 Å². The Bertz CT molecular complexity index is 459. The first-order valence-electron chi connectivity index (χ1n) is 6.20. The first-order chi connectivity index (χ1) is 9.95. The minimum Gasteiger partial charge on any atom is -0.462 e. The molecule has 0 bridgehead atoms. The molecule has 0 aliphatic carbocycles. The molecule has 1 rings (SSSR count). The summed E-state index contributed by atoms with van der Waals surface area (Å²) in [5, 5.41) is 22.2. The average molecular weight is 298 g/mol. The summed E-state index contributed by atoms with van der Waals surface area (Å²) in [6, 6.07) is 6.25. The Hall–Kier alpha value is -1.93. The molecule has 0 aliphatic heterocycles. The molecule has 0 saturated heterocycles. The number of carbonyl (C=O) groups is 1. The number of Topliss-reactive ketones (excluding diaryl/α,β-unsaturated/α-hetero) is 1. The second kappa shape index (κ2) is 8.38. The van der Waals surface area contributed by atoms with Crippen molar-refractivity contribution in [1.82, 2.24) is 0 Å². The molecule has 0 aliphatic rings. The summed E-state index contributed by atoms with van der Waals surface area (Å²) in [7, 11) is 0. The van der Waals surface area contributed by atoms with E-state index in [1.165, 1.54) is 20.1 Å². The number of hydrogen-bond acceptors (Lipinski definition) is 7. The van der Waals surface area contributed by atoms with Crippen molar-refractivity contribution in [3.05, 3.63) is 42.4 Å². The van der Waals surface area contributed by atoms with Crippen molar-refractivity contribution in [3.63, 3.8) is 0 Å². The van der Waals surface area contributed by atoms with Gasteiger partial charge in [-0.1, -0.05) is 0 Å². The van der Waals surface area contributed by atoms with E-state index in [4.69, 9.17) is 9.84 Å². The normalized spacial score (nSPS) is 11.6. The van der Waals surface area contributed by atoms with Gasteiger partial charge in [0.25, 0.3) is 0 Å². The zero-order valence-electron chi connectivity index (χ0n) is 11.8. The van der Waals surface area contributed by atoms with Crippen LogP contribution in [0, 0.1) is 0 Å². The van der Waals surface area contributed by atoms with E-state index in [1.54, 1.807) is 24.3 Å². The van der Waals surface area contributed by atoms with Gasteiger partial charge in [-0.2, -0.15) is 4.89 Å². The summed E-state index contributed by atoms with van der Waals surface area (Å²) in [4.78, 5) is 20.6. The molecule has 116 valence electrons. The van der Waals surface area contributed by atoms with Gasteiger partial charge in [-0.05, 0) is 43.2 Å². The Morgan fingerprint density at radius 1 is 1.24 bits per heavy atom. The number of benzene rings is 1. The summed E-state index contributed by atoms with van der Waals surface area (Å²) in [6.45, 7) is 2.67. The molecule has 2 N–H and O–H groups in total. The molecule has 0 amide bonds. The van der Waals surface area contributed by atoms with Crippen LogP contribution in [0.4, 0.5) is 0 Å². The van der Waals surface area contributed by atoms with Gasteiger partial charge < -0.3 is 19.8 Å². The van der Waals surface area contributed by atoms with E-state index in [0.29, 0.717) is 11.3 Å². The minimum atomic E-state index is -1.41. The molecule has 1 aromatic rings. The molecule has 0 radical (unpaired) electrons. The van der Waals surface area contributed by atoms with Crippen LogP contribution in [0.2, 0.25) is 0 Å². The fraction of sp³-hybridized carbons (Fsp3) is 0.357.